The van der Waals surface area contributed by atoms with E-state index >= 15 is 0 Å². The first-order valence-corrected chi connectivity index (χ1v) is 16.4. The van der Waals surface area contributed by atoms with E-state index in [2.05, 4.69) is 32.6 Å². The van der Waals surface area contributed by atoms with Crippen LogP contribution in [0.4, 0.5) is 0 Å². The molecular formula is C32H63NO7. The summed E-state index contributed by atoms with van der Waals surface area (Å²) in [5, 5.41) is 9.63. The number of hydrogen-bond donors (Lipinski definition) is 1. The van der Waals surface area contributed by atoms with Gasteiger partial charge in [-0.15, -0.1) is 0 Å². The number of unbranched alkanes of at least 4 members (excludes halogenated alkanes) is 10. The van der Waals surface area contributed by atoms with Gasteiger partial charge in [0.05, 0.1) is 32.2 Å². The molecule has 0 saturated carbocycles. The molecule has 0 amide bonds. The zero-order valence-electron chi connectivity index (χ0n) is 26.5. The summed E-state index contributed by atoms with van der Waals surface area (Å²) in [6.45, 7) is 12.5. The summed E-state index contributed by atoms with van der Waals surface area (Å²) in [5.41, 5.74) is 0. The number of carbonyl (C=O) groups is 2. The second kappa shape index (κ2) is 29.3. The highest BCUT2D eigenvalue weighted by atomic mass is 16.7. The second-order valence-electron chi connectivity index (χ2n) is 10.8. The molecular weight excluding hydrogens is 510 g/mol. The molecule has 1 atom stereocenters. The molecule has 0 spiro atoms. The predicted octanol–water partition coefficient (Wildman–Crippen LogP) is 6.66. The highest BCUT2D eigenvalue weighted by Gasteiger charge is 2.17. The van der Waals surface area contributed by atoms with Crippen LogP contribution in [0.2, 0.25) is 0 Å². The van der Waals surface area contributed by atoms with E-state index < -0.39 is 12.2 Å². The van der Waals surface area contributed by atoms with Gasteiger partial charge in [-0.3, -0.25) is 9.59 Å². The first-order valence-electron chi connectivity index (χ1n) is 16.4. The van der Waals surface area contributed by atoms with Crippen LogP contribution in [0, 0.1) is 5.92 Å². The summed E-state index contributed by atoms with van der Waals surface area (Å²) >= 11 is 0. The number of rotatable bonds is 30. The molecule has 8 heteroatoms. The molecule has 0 radical (unpaired) electrons. The smallest absolute Gasteiger partial charge is 0.305 e. The Labute approximate surface area is 245 Å². The molecule has 0 aliphatic carbocycles. The molecule has 0 rings (SSSR count). The lowest BCUT2D eigenvalue weighted by Gasteiger charge is -2.19. The van der Waals surface area contributed by atoms with Crippen LogP contribution in [-0.2, 0) is 28.5 Å². The van der Waals surface area contributed by atoms with Gasteiger partial charge in [0.2, 0.25) is 0 Å². The van der Waals surface area contributed by atoms with Crippen LogP contribution in [0.25, 0.3) is 0 Å². The van der Waals surface area contributed by atoms with Crippen molar-refractivity contribution < 1.29 is 33.6 Å². The van der Waals surface area contributed by atoms with Crippen molar-refractivity contribution in [2.45, 2.75) is 137 Å². The molecule has 1 N–H and O–H groups in total. The van der Waals surface area contributed by atoms with Gasteiger partial charge in [-0.2, -0.15) is 0 Å². The molecule has 0 saturated heterocycles. The van der Waals surface area contributed by atoms with E-state index in [1.807, 2.05) is 0 Å². The first kappa shape index (κ1) is 38.8. The Bertz CT molecular complexity index is 553. The van der Waals surface area contributed by atoms with Gasteiger partial charge in [0.1, 0.15) is 0 Å². The molecule has 40 heavy (non-hydrogen) atoms. The fourth-order valence-corrected chi connectivity index (χ4v) is 4.35. The topological polar surface area (TPSA) is 94.5 Å². The second-order valence-corrected chi connectivity index (χ2v) is 10.8. The van der Waals surface area contributed by atoms with Crippen molar-refractivity contribution in [1.82, 2.24) is 4.90 Å². The quantitative estimate of drug-likeness (QED) is 0.0579. The van der Waals surface area contributed by atoms with Gasteiger partial charge in [-0.1, -0.05) is 91.9 Å². The Morgan fingerprint density at radius 2 is 1.12 bits per heavy atom. The van der Waals surface area contributed by atoms with E-state index in [-0.39, 0.29) is 38.2 Å². The number of aliphatic hydroxyl groups excluding tert-OH is 1. The lowest BCUT2D eigenvalue weighted by atomic mass is 10.1. The number of ether oxygens (including phenoxy) is 4. The summed E-state index contributed by atoms with van der Waals surface area (Å²) in [6.07, 6.45) is 15.6. The van der Waals surface area contributed by atoms with Gasteiger partial charge in [0, 0.05) is 26.1 Å². The standard InChI is InChI=1S/C32H63NO7/c1-5-9-11-13-15-17-24-37-32(38-25-18-16-14-12-10-6-2)22-21-31(36)40-28-29(26-34)27-39-30(35)20-19-23-33(7-3)8-4/h29,32,34H,5-28H2,1-4H3. The van der Waals surface area contributed by atoms with Crippen LogP contribution in [0.15, 0.2) is 0 Å². The van der Waals surface area contributed by atoms with Crippen LogP contribution in [0.1, 0.15) is 130 Å². The van der Waals surface area contributed by atoms with E-state index in [9.17, 15) is 14.7 Å². The van der Waals surface area contributed by atoms with Crippen molar-refractivity contribution in [3.05, 3.63) is 0 Å². The van der Waals surface area contributed by atoms with Gasteiger partial charge in [0.25, 0.3) is 0 Å². The van der Waals surface area contributed by atoms with E-state index in [0.29, 0.717) is 26.1 Å². The van der Waals surface area contributed by atoms with Gasteiger partial charge in [-0.25, -0.2) is 0 Å². The molecule has 238 valence electrons. The van der Waals surface area contributed by atoms with Crippen molar-refractivity contribution in [2.24, 2.45) is 5.92 Å². The Hall–Kier alpha value is -1.22. The number of nitrogens with zero attached hydrogens (tertiary/aromatic N) is 1. The molecule has 0 bridgehead atoms. The first-order chi connectivity index (χ1) is 19.5. The van der Waals surface area contributed by atoms with Gasteiger partial charge < -0.3 is 29.0 Å². The minimum absolute atomic E-state index is 0.0178. The van der Waals surface area contributed by atoms with Crippen LogP contribution in [0.3, 0.4) is 0 Å². The molecule has 0 aromatic carbocycles. The van der Waals surface area contributed by atoms with E-state index in [4.69, 9.17) is 18.9 Å². The molecule has 0 fully saturated rings. The molecule has 0 aliphatic rings. The average molecular weight is 574 g/mol. The molecule has 0 heterocycles. The monoisotopic (exact) mass is 573 g/mol. The van der Waals surface area contributed by atoms with Crippen molar-refractivity contribution in [3.8, 4) is 0 Å². The summed E-state index contributed by atoms with van der Waals surface area (Å²) < 4.78 is 22.6. The minimum Gasteiger partial charge on any atom is -0.465 e. The Morgan fingerprint density at radius 3 is 1.60 bits per heavy atom. The molecule has 0 aromatic rings. The largest absolute Gasteiger partial charge is 0.465 e. The Balaban J connectivity index is 4.32. The highest BCUT2D eigenvalue weighted by molar-refractivity contribution is 5.69. The Kier molecular flexibility index (Phi) is 28.4. The maximum Gasteiger partial charge on any atom is 0.305 e. The summed E-state index contributed by atoms with van der Waals surface area (Å²) in [6, 6.07) is 0. The van der Waals surface area contributed by atoms with E-state index in [1.165, 1.54) is 51.4 Å². The van der Waals surface area contributed by atoms with Gasteiger partial charge in [-0.05, 0) is 38.9 Å². The summed E-state index contributed by atoms with van der Waals surface area (Å²) in [5.74, 6) is -1.08. The van der Waals surface area contributed by atoms with Crippen molar-refractivity contribution >= 4 is 11.9 Å². The van der Waals surface area contributed by atoms with Gasteiger partial charge >= 0.3 is 11.9 Å². The van der Waals surface area contributed by atoms with Crippen LogP contribution in [0.5, 0.6) is 0 Å². The van der Waals surface area contributed by atoms with Crippen LogP contribution < -0.4 is 0 Å². The maximum absolute atomic E-state index is 12.4. The third-order valence-electron chi connectivity index (χ3n) is 7.16. The van der Waals surface area contributed by atoms with Crippen molar-refractivity contribution in [1.29, 1.82) is 0 Å². The summed E-state index contributed by atoms with van der Waals surface area (Å²) in [4.78, 5) is 26.7. The Morgan fingerprint density at radius 1 is 0.650 bits per heavy atom. The number of carbonyl (C=O) groups excluding carboxylic acids is 2. The normalized spacial score (nSPS) is 12.3. The number of hydrogen-bond acceptors (Lipinski definition) is 8. The molecule has 0 aromatic heterocycles. The van der Waals surface area contributed by atoms with Gasteiger partial charge in [0.15, 0.2) is 6.29 Å². The predicted molar refractivity (Wildman–Crippen MR) is 161 cm³/mol. The van der Waals surface area contributed by atoms with Crippen molar-refractivity contribution in [3.63, 3.8) is 0 Å². The summed E-state index contributed by atoms with van der Waals surface area (Å²) in [7, 11) is 0. The lowest BCUT2D eigenvalue weighted by molar-refractivity contribution is -0.161. The zero-order chi connectivity index (χ0) is 29.7. The molecule has 0 aliphatic heterocycles. The van der Waals surface area contributed by atoms with Crippen molar-refractivity contribution in [2.75, 3.05) is 52.7 Å². The fourth-order valence-electron chi connectivity index (χ4n) is 4.35. The molecule has 8 nitrogen and oxygen atoms in total. The third kappa shape index (κ3) is 24.6. The SMILES string of the molecule is CCCCCCCCOC(CCC(=O)OCC(CO)COC(=O)CCCN(CC)CC)OCCCCCCCC. The maximum atomic E-state index is 12.4. The fraction of sp³-hybridized carbons (Fsp3) is 0.938. The third-order valence-corrected chi connectivity index (χ3v) is 7.16. The lowest BCUT2D eigenvalue weighted by Crippen LogP contribution is -2.26. The van der Waals surface area contributed by atoms with E-state index in [0.717, 1.165) is 51.7 Å². The molecule has 1 unspecified atom stereocenters. The number of esters is 2. The zero-order valence-corrected chi connectivity index (χ0v) is 26.5. The van der Waals surface area contributed by atoms with Crippen LogP contribution in [-0.4, -0.2) is 80.9 Å². The van der Waals surface area contributed by atoms with E-state index in [1.54, 1.807) is 0 Å². The minimum atomic E-state index is -0.431. The highest BCUT2D eigenvalue weighted by Crippen LogP contribution is 2.12. The number of aliphatic hydroxyl groups is 1. The van der Waals surface area contributed by atoms with Crippen LogP contribution >= 0.6 is 0 Å². The average Bonchev–Trinajstić information content (AvgIpc) is 2.96.